The molecule has 4 heteroatoms. The van der Waals surface area contributed by atoms with E-state index in [-0.39, 0.29) is 11.9 Å². The van der Waals surface area contributed by atoms with Crippen LogP contribution in [0.3, 0.4) is 0 Å². The number of benzene rings is 1. The van der Waals surface area contributed by atoms with Gasteiger partial charge in [-0.1, -0.05) is 25.4 Å². The maximum Gasteiger partial charge on any atom is 0.253 e. The van der Waals surface area contributed by atoms with E-state index in [1.165, 1.54) is 0 Å². The first kappa shape index (κ1) is 14.8. The zero-order valence-electron chi connectivity index (χ0n) is 11.4. The van der Waals surface area contributed by atoms with E-state index in [9.17, 15) is 4.79 Å². The van der Waals surface area contributed by atoms with Gasteiger partial charge in [-0.15, -0.1) is 0 Å². The summed E-state index contributed by atoms with van der Waals surface area (Å²) in [5, 5.41) is 0.422. The Balaban J connectivity index is 2.82. The Hall–Kier alpha value is -1.22. The smallest absolute Gasteiger partial charge is 0.253 e. The van der Waals surface area contributed by atoms with E-state index in [0.29, 0.717) is 22.2 Å². The van der Waals surface area contributed by atoms with Crippen LogP contribution in [-0.4, -0.2) is 23.9 Å². The highest BCUT2D eigenvalue weighted by Crippen LogP contribution is 2.21. The first-order valence-electron chi connectivity index (χ1n) is 6.15. The molecule has 1 atom stereocenters. The topological polar surface area (TPSA) is 46.3 Å². The van der Waals surface area contributed by atoms with Crippen molar-refractivity contribution in [1.82, 2.24) is 4.90 Å². The predicted molar refractivity (Wildman–Crippen MR) is 76.9 cm³/mol. The lowest BCUT2D eigenvalue weighted by Crippen LogP contribution is -2.35. The molecule has 0 aliphatic carbocycles. The van der Waals surface area contributed by atoms with Gasteiger partial charge < -0.3 is 10.6 Å². The van der Waals surface area contributed by atoms with E-state index in [1.54, 1.807) is 23.1 Å². The lowest BCUT2D eigenvalue weighted by molar-refractivity contribution is 0.0728. The summed E-state index contributed by atoms with van der Waals surface area (Å²) < 4.78 is 0. The summed E-state index contributed by atoms with van der Waals surface area (Å²) in [4.78, 5) is 14.0. The first-order valence-corrected chi connectivity index (χ1v) is 6.53. The molecule has 0 radical (unpaired) electrons. The van der Waals surface area contributed by atoms with Crippen LogP contribution in [-0.2, 0) is 0 Å². The molecular formula is C14H21ClN2O. The van der Waals surface area contributed by atoms with Gasteiger partial charge in [-0.25, -0.2) is 0 Å². The van der Waals surface area contributed by atoms with Gasteiger partial charge in [0, 0.05) is 18.7 Å². The Morgan fingerprint density at radius 3 is 2.50 bits per heavy atom. The van der Waals surface area contributed by atoms with Crippen molar-refractivity contribution in [3.8, 4) is 0 Å². The number of anilines is 1. The van der Waals surface area contributed by atoms with Crippen molar-refractivity contribution in [3.05, 3.63) is 28.8 Å². The summed E-state index contributed by atoms with van der Waals surface area (Å²) in [6.45, 7) is 6.35. The Morgan fingerprint density at radius 1 is 1.39 bits per heavy atom. The fourth-order valence-electron chi connectivity index (χ4n) is 1.90. The lowest BCUT2D eigenvalue weighted by Gasteiger charge is -2.26. The van der Waals surface area contributed by atoms with Gasteiger partial charge in [-0.3, -0.25) is 4.79 Å². The molecule has 0 heterocycles. The van der Waals surface area contributed by atoms with Gasteiger partial charge in [0.05, 0.1) is 10.7 Å². The average Bonchev–Trinajstić information content (AvgIpc) is 2.30. The number of nitrogens with zero attached hydrogens (tertiary/aromatic N) is 1. The van der Waals surface area contributed by atoms with Gasteiger partial charge in [0.15, 0.2) is 0 Å². The Kier molecular flexibility index (Phi) is 5.03. The average molecular weight is 269 g/mol. The van der Waals surface area contributed by atoms with Crippen LogP contribution in [0.2, 0.25) is 5.02 Å². The number of nitrogens with two attached hydrogens (primary N) is 1. The van der Waals surface area contributed by atoms with E-state index in [2.05, 4.69) is 20.8 Å². The number of carbonyl (C=O) groups is 1. The van der Waals surface area contributed by atoms with Crippen LogP contribution in [0.5, 0.6) is 0 Å². The van der Waals surface area contributed by atoms with Crippen molar-refractivity contribution >= 4 is 23.2 Å². The van der Waals surface area contributed by atoms with E-state index in [1.807, 2.05) is 7.05 Å². The lowest BCUT2D eigenvalue weighted by atomic mass is 10.0. The number of rotatable bonds is 4. The number of nitrogen functional groups attached to an aromatic ring is 1. The molecule has 1 aromatic carbocycles. The minimum absolute atomic E-state index is 0.0231. The molecule has 3 nitrogen and oxygen atoms in total. The second kappa shape index (κ2) is 6.10. The third-order valence-electron chi connectivity index (χ3n) is 3.04. The molecule has 0 aromatic heterocycles. The largest absolute Gasteiger partial charge is 0.398 e. The molecule has 100 valence electrons. The van der Waals surface area contributed by atoms with Crippen LogP contribution in [0.15, 0.2) is 18.2 Å². The highest BCUT2D eigenvalue weighted by Gasteiger charge is 2.18. The van der Waals surface area contributed by atoms with E-state index >= 15 is 0 Å². The van der Waals surface area contributed by atoms with Gasteiger partial charge in [0.1, 0.15) is 0 Å². The number of amides is 1. The highest BCUT2D eigenvalue weighted by molar-refractivity contribution is 6.33. The molecule has 1 rings (SSSR count). The second-order valence-electron chi connectivity index (χ2n) is 5.13. The Bertz CT molecular complexity index is 432. The molecule has 0 aliphatic rings. The van der Waals surface area contributed by atoms with Gasteiger partial charge in [0.2, 0.25) is 0 Å². The molecule has 1 amide bonds. The first-order chi connectivity index (χ1) is 8.32. The zero-order valence-corrected chi connectivity index (χ0v) is 12.2. The Morgan fingerprint density at radius 2 is 2.00 bits per heavy atom. The van der Waals surface area contributed by atoms with Gasteiger partial charge in [0.25, 0.3) is 5.91 Å². The van der Waals surface area contributed by atoms with Crippen LogP contribution >= 0.6 is 11.6 Å². The van der Waals surface area contributed by atoms with Crippen LogP contribution in [0.1, 0.15) is 37.6 Å². The maximum absolute atomic E-state index is 12.3. The fourth-order valence-corrected chi connectivity index (χ4v) is 2.08. The molecule has 0 aliphatic heterocycles. The van der Waals surface area contributed by atoms with Crippen LogP contribution in [0.4, 0.5) is 5.69 Å². The van der Waals surface area contributed by atoms with Crippen molar-refractivity contribution < 1.29 is 4.79 Å². The van der Waals surface area contributed by atoms with Gasteiger partial charge in [-0.05, 0) is 37.5 Å². The molecule has 0 saturated carbocycles. The van der Waals surface area contributed by atoms with E-state index < -0.39 is 0 Å². The summed E-state index contributed by atoms with van der Waals surface area (Å²) >= 11 is 5.93. The van der Waals surface area contributed by atoms with Crippen molar-refractivity contribution in [2.45, 2.75) is 33.2 Å². The minimum Gasteiger partial charge on any atom is -0.398 e. The summed E-state index contributed by atoms with van der Waals surface area (Å²) in [6.07, 6.45) is 0.977. The number of hydrogen-bond acceptors (Lipinski definition) is 2. The standard InChI is InChI=1S/C14H21ClN2O/c1-9(2)7-10(3)17(4)14(18)11-5-6-13(16)12(15)8-11/h5-6,8-10H,7,16H2,1-4H3. The number of hydrogen-bond donors (Lipinski definition) is 1. The molecule has 0 spiro atoms. The van der Waals surface area contributed by atoms with E-state index in [0.717, 1.165) is 6.42 Å². The molecule has 18 heavy (non-hydrogen) atoms. The molecule has 0 saturated heterocycles. The minimum atomic E-state index is -0.0231. The maximum atomic E-state index is 12.3. The van der Waals surface area contributed by atoms with E-state index in [4.69, 9.17) is 17.3 Å². The molecule has 0 fully saturated rings. The van der Waals surface area contributed by atoms with Crippen molar-refractivity contribution in [3.63, 3.8) is 0 Å². The summed E-state index contributed by atoms with van der Waals surface area (Å²) in [7, 11) is 1.82. The van der Waals surface area contributed by atoms with Crippen LogP contribution in [0, 0.1) is 5.92 Å². The van der Waals surface area contributed by atoms with Crippen LogP contribution in [0.25, 0.3) is 0 Å². The molecular weight excluding hydrogens is 248 g/mol. The monoisotopic (exact) mass is 268 g/mol. The number of carbonyl (C=O) groups excluding carboxylic acids is 1. The van der Waals surface area contributed by atoms with Crippen LogP contribution < -0.4 is 5.73 Å². The molecule has 1 unspecified atom stereocenters. The summed E-state index contributed by atoms with van der Waals surface area (Å²) in [5.41, 5.74) is 6.70. The normalized spacial score (nSPS) is 12.6. The van der Waals surface area contributed by atoms with Crippen molar-refractivity contribution in [1.29, 1.82) is 0 Å². The Labute approximate surface area is 114 Å². The summed E-state index contributed by atoms with van der Waals surface area (Å²) in [5.74, 6) is 0.537. The second-order valence-corrected chi connectivity index (χ2v) is 5.54. The quantitative estimate of drug-likeness (QED) is 0.851. The summed E-state index contributed by atoms with van der Waals surface area (Å²) in [6, 6.07) is 5.20. The zero-order chi connectivity index (χ0) is 13.9. The highest BCUT2D eigenvalue weighted by atomic mass is 35.5. The van der Waals surface area contributed by atoms with Gasteiger partial charge in [-0.2, -0.15) is 0 Å². The third kappa shape index (κ3) is 3.64. The third-order valence-corrected chi connectivity index (χ3v) is 3.37. The number of halogens is 1. The van der Waals surface area contributed by atoms with Crippen molar-refractivity contribution in [2.75, 3.05) is 12.8 Å². The van der Waals surface area contributed by atoms with Gasteiger partial charge >= 0.3 is 0 Å². The van der Waals surface area contributed by atoms with Crippen molar-refractivity contribution in [2.24, 2.45) is 5.92 Å². The molecule has 1 aromatic rings. The SMILES string of the molecule is CC(C)CC(C)N(C)C(=O)c1ccc(N)c(Cl)c1. The molecule has 2 N–H and O–H groups in total. The predicted octanol–water partition coefficient (Wildman–Crippen LogP) is 3.43. The molecule has 0 bridgehead atoms. The fraction of sp³-hybridized carbons (Fsp3) is 0.500.